The molecule has 8 nitrogen and oxygen atoms in total. The molecule has 0 aromatic heterocycles. The molecular weight excluding hydrogens is 282 g/mol. The lowest BCUT2D eigenvalue weighted by Gasteiger charge is -2.15. The van der Waals surface area contributed by atoms with Gasteiger partial charge in [-0.2, -0.15) is 0 Å². The van der Waals surface area contributed by atoms with Crippen molar-refractivity contribution in [3.8, 4) is 11.5 Å². The molecule has 0 amide bonds. The van der Waals surface area contributed by atoms with Crippen LogP contribution in [-0.2, 0) is 9.47 Å². The summed E-state index contributed by atoms with van der Waals surface area (Å²) in [7, 11) is 2.52. The molecule has 0 spiro atoms. The van der Waals surface area contributed by atoms with E-state index < -0.39 is 16.6 Å². The van der Waals surface area contributed by atoms with E-state index in [4.69, 9.17) is 14.2 Å². The second-order valence-electron chi connectivity index (χ2n) is 4.37. The van der Waals surface area contributed by atoms with Gasteiger partial charge in [0, 0.05) is 12.5 Å². The van der Waals surface area contributed by atoms with Crippen molar-refractivity contribution in [3.63, 3.8) is 0 Å². The zero-order valence-electron chi connectivity index (χ0n) is 11.7. The first-order valence-corrected chi connectivity index (χ1v) is 6.26. The van der Waals surface area contributed by atoms with Crippen LogP contribution in [-0.4, -0.2) is 44.4 Å². The molecule has 0 saturated carbocycles. The normalized spacial score (nSPS) is 17.3. The summed E-state index contributed by atoms with van der Waals surface area (Å²) in [5.74, 6) is -0.378. The number of nitro benzene ring substituents is 1. The van der Waals surface area contributed by atoms with Crippen LogP contribution in [0.4, 0.5) is 5.69 Å². The molecule has 1 saturated heterocycles. The Bertz CT molecular complexity index is 552. The highest BCUT2D eigenvalue weighted by molar-refractivity contribution is 5.94. The summed E-state index contributed by atoms with van der Waals surface area (Å²) in [6, 6.07) is 2.42. The minimum absolute atomic E-state index is 0.175. The van der Waals surface area contributed by atoms with Gasteiger partial charge in [0.05, 0.1) is 38.4 Å². The molecule has 0 aliphatic carbocycles. The van der Waals surface area contributed by atoms with Gasteiger partial charge >= 0.3 is 5.97 Å². The molecule has 1 atom stereocenters. The molecule has 1 aromatic rings. The second kappa shape index (κ2) is 6.40. The van der Waals surface area contributed by atoms with Crippen molar-refractivity contribution in [1.82, 2.24) is 0 Å². The Morgan fingerprint density at radius 2 is 2.14 bits per heavy atom. The van der Waals surface area contributed by atoms with Crippen molar-refractivity contribution in [2.75, 3.05) is 27.4 Å². The molecule has 1 fully saturated rings. The SMILES string of the molecule is COC(=O)c1cc(O[C@H]2CCOC2)c(OC)cc1[N+](=O)[O-]. The molecule has 2 rings (SSSR count). The number of carbonyl (C=O) groups is 1. The van der Waals surface area contributed by atoms with E-state index in [1.54, 1.807) is 0 Å². The molecule has 1 aromatic carbocycles. The lowest BCUT2D eigenvalue weighted by atomic mass is 10.1. The average Bonchev–Trinajstić information content (AvgIpc) is 2.98. The first-order chi connectivity index (χ1) is 10.1. The maximum absolute atomic E-state index is 11.7. The van der Waals surface area contributed by atoms with Crippen molar-refractivity contribution >= 4 is 11.7 Å². The van der Waals surface area contributed by atoms with Crippen LogP contribution in [0.2, 0.25) is 0 Å². The van der Waals surface area contributed by atoms with Crippen LogP contribution in [0.25, 0.3) is 0 Å². The summed E-state index contributed by atoms with van der Waals surface area (Å²) < 4.78 is 20.5. The van der Waals surface area contributed by atoms with Gasteiger partial charge in [-0.25, -0.2) is 4.79 Å². The van der Waals surface area contributed by atoms with Gasteiger partial charge in [-0.3, -0.25) is 10.1 Å². The van der Waals surface area contributed by atoms with Gasteiger partial charge in [0.1, 0.15) is 11.7 Å². The fourth-order valence-corrected chi connectivity index (χ4v) is 2.01. The molecule has 1 heterocycles. The number of hydrogen-bond donors (Lipinski definition) is 0. The maximum Gasteiger partial charge on any atom is 0.345 e. The van der Waals surface area contributed by atoms with Gasteiger partial charge in [-0.05, 0) is 0 Å². The number of nitro groups is 1. The van der Waals surface area contributed by atoms with Gasteiger partial charge in [0.15, 0.2) is 11.5 Å². The summed E-state index contributed by atoms with van der Waals surface area (Å²) in [6.07, 6.45) is 0.527. The molecule has 1 aliphatic heterocycles. The van der Waals surface area contributed by atoms with E-state index in [1.165, 1.54) is 13.2 Å². The Hall–Kier alpha value is -2.35. The van der Waals surface area contributed by atoms with Crippen molar-refractivity contribution in [3.05, 3.63) is 27.8 Å². The first kappa shape index (κ1) is 15.0. The van der Waals surface area contributed by atoms with E-state index in [9.17, 15) is 14.9 Å². The summed E-state index contributed by atoms with van der Waals surface area (Å²) in [4.78, 5) is 22.1. The lowest BCUT2D eigenvalue weighted by Crippen LogP contribution is -2.17. The van der Waals surface area contributed by atoms with Crippen molar-refractivity contribution in [2.24, 2.45) is 0 Å². The number of carbonyl (C=O) groups excluding carboxylic acids is 1. The van der Waals surface area contributed by atoms with Gasteiger partial charge in [-0.1, -0.05) is 0 Å². The second-order valence-corrected chi connectivity index (χ2v) is 4.37. The van der Waals surface area contributed by atoms with Crippen LogP contribution < -0.4 is 9.47 Å². The topological polar surface area (TPSA) is 97.1 Å². The Morgan fingerprint density at radius 3 is 2.67 bits per heavy atom. The molecule has 1 aliphatic rings. The van der Waals surface area contributed by atoms with Crippen LogP contribution in [0.1, 0.15) is 16.8 Å². The fourth-order valence-electron chi connectivity index (χ4n) is 2.01. The third-order valence-corrected chi connectivity index (χ3v) is 3.07. The van der Waals surface area contributed by atoms with Crippen LogP contribution in [0.3, 0.4) is 0 Å². The van der Waals surface area contributed by atoms with Crippen molar-refractivity contribution in [2.45, 2.75) is 12.5 Å². The van der Waals surface area contributed by atoms with E-state index in [0.717, 1.165) is 13.2 Å². The summed E-state index contributed by atoms with van der Waals surface area (Å²) in [5, 5.41) is 11.0. The van der Waals surface area contributed by atoms with Crippen LogP contribution in [0.5, 0.6) is 11.5 Å². The quantitative estimate of drug-likeness (QED) is 0.462. The minimum Gasteiger partial charge on any atom is -0.493 e. The molecule has 0 N–H and O–H groups in total. The molecule has 0 radical (unpaired) electrons. The van der Waals surface area contributed by atoms with Gasteiger partial charge in [0.2, 0.25) is 0 Å². The molecule has 21 heavy (non-hydrogen) atoms. The van der Waals surface area contributed by atoms with Gasteiger partial charge in [-0.15, -0.1) is 0 Å². The molecule has 114 valence electrons. The molecule has 0 bridgehead atoms. The van der Waals surface area contributed by atoms with Crippen molar-refractivity contribution in [1.29, 1.82) is 0 Å². The number of ether oxygens (including phenoxy) is 4. The summed E-state index contributed by atoms with van der Waals surface area (Å²) >= 11 is 0. The number of methoxy groups -OCH3 is 2. The third-order valence-electron chi connectivity index (χ3n) is 3.07. The number of hydrogen-bond acceptors (Lipinski definition) is 7. The molecule has 8 heteroatoms. The van der Waals surface area contributed by atoms with E-state index in [-0.39, 0.29) is 23.2 Å². The highest BCUT2D eigenvalue weighted by Gasteiger charge is 2.27. The van der Waals surface area contributed by atoms with Crippen LogP contribution in [0.15, 0.2) is 12.1 Å². The zero-order chi connectivity index (χ0) is 15.4. The number of nitrogens with zero attached hydrogens (tertiary/aromatic N) is 1. The predicted molar refractivity (Wildman–Crippen MR) is 70.8 cm³/mol. The average molecular weight is 297 g/mol. The van der Waals surface area contributed by atoms with Crippen LogP contribution in [0, 0.1) is 10.1 Å². The Labute approximate surface area is 120 Å². The third kappa shape index (κ3) is 3.22. The highest BCUT2D eigenvalue weighted by atomic mass is 16.6. The Balaban J connectivity index is 2.42. The van der Waals surface area contributed by atoms with E-state index >= 15 is 0 Å². The highest BCUT2D eigenvalue weighted by Crippen LogP contribution is 2.36. The lowest BCUT2D eigenvalue weighted by molar-refractivity contribution is -0.385. The maximum atomic E-state index is 11.7. The largest absolute Gasteiger partial charge is 0.493 e. The number of esters is 1. The Kier molecular flexibility index (Phi) is 4.59. The molecule has 0 unspecified atom stereocenters. The standard InChI is InChI=1S/C13H15NO7/c1-18-11-6-10(14(16)17)9(13(15)19-2)5-12(11)21-8-3-4-20-7-8/h5-6,8H,3-4,7H2,1-2H3/t8-/m0/s1. The molecular formula is C13H15NO7. The summed E-state index contributed by atoms with van der Waals surface area (Å²) in [6.45, 7) is 1.01. The zero-order valence-corrected chi connectivity index (χ0v) is 11.7. The number of rotatable bonds is 5. The van der Waals surface area contributed by atoms with Crippen LogP contribution >= 0.6 is 0 Å². The van der Waals surface area contributed by atoms with E-state index in [2.05, 4.69) is 4.74 Å². The van der Waals surface area contributed by atoms with Gasteiger partial charge < -0.3 is 18.9 Å². The predicted octanol–water partition coefficient (Wildman–Crippen LogP) is 1.56. The van der Waals surface area contributed by atoms with E-state index in [0.29, 0.717) is 19.6 Å². The van der Waals surface area contributed by atoms with Crippen molar-refractivity contribution < 1.29 is 28.7 Å². The first-order valence-electron chi connectivity index (χ1n) is 6.26. The fraction of sp³-hybridized carbons (Fsp3) is 0.462. The smallest absolute Gasteiger partial charge is 0.345 e. The Morgan fingerprint density at radius 1 is 1.38 bits per heavy atom. The summed E-state index contributed by atoms with van der Waals surface area (Å²) in [5.41, 5.74) is -0.578. The monoisotopic (exact) mass is 297 g/mol. The van der Waals surface area contributed by atoms with Gasteiger partial charge in [0.25, 0.3) is 5.69 Å². The number of benzene rings is 1. The minimum atomic E-state index is -0.808. The van der Waals surface area contributed by atoms with E-state index in [1.807, 2.05) is 0 Å².